The van der Waals surface area contributed by atoms with E-state index in [9.17, 15) is 9.59 Å². The van der Waals surface area contributed by atoms with Crippen molar-refractivity contribution in [1.82, 2.24) is 5.32 Å². The molecule has 5 nitrogen and oxygen atoms in total. The molecule has 0 aliphatic rings. The van der Waals surface area contributed by atoms with Crippen LogP contribution < -0.4 is 11.1 Å². The number of aliphatic carboxylic acids is 1. The molecule has 112 valence electrons. The van der Waals surface area contributed by atoms with Gasteiger partial charge in [-0.1, -0.05) is 27.7 Å². The van der Waals surface area contributed by atoms with Crippen LogP contribution in [0.4, 0.5) is 0 Å². The first-order chi connectivity index (χ1) is 8.79. The van der Waals surface area contributed by atoms with Gasteiger partial charge in [0.1, 0.15) is 6.04 Å². The molecule has 0 aromatic carbocycles. The minimum atomic E-state index is -0.981. The molecule has 0 rings (SSSR count). The van der Waals surface area contributed by atoms with E-state index in [1.807, 2.05) is 0 Å². The minimum absolute atomic E-state index is 0.119. The number of carboxylic acid groups (broad SMARTS) is 1. The number of carbonyl (C=O) groups excluding carboxylic acids is 1. The summed E-state index contributed by atoms with van der Waals surface area (Å²) in [5, 5.41) is 11.6. The second-order valence-corrected chi connectivity index (χ2v) is 5.75. The topological polar surface area (TPSA) is 92.4 Å². The summed E-state index contributed by atoms with van der Waals surface area (Å²) in [4.78, 5) is 22.8. The molecule has 0 aromatic heterocycles. The Balaban J connectivity index is 4.26. The van der Waals surface area contributed by atoms with Crippen LogP contribution in [-0.2, 0) is 9.59 Å². The van der Waals surface area contributed by atoms with Crippen LogP contribution in [0.25, 0.3) is 0 Å². The maximum Gasteiger partial charge on any atom is 0.326 e. The van der Waals surface area contributed by atoms with E-state index < -0.39 is 12.0 Å². The summed E-state index contributed by atoms with van der Waals surface area (Å²) < 4.78 is 0. The molecule has 1 amide bonds. The van der Waals surface area contributed by atoms with Crippen LogP contribution in [0.5, 0.6) is 0 Å². The SMILES string of the molecule is CC(C)C(CCN)CCC(=O)N[C@@H](C(=O)O)C(C)C. The van der Waals surface area contributed by atoms with E-state index in [-0.39, 0.29) is 11.8 Å². The number of carbonyl (C=O) groups is 2. The lowest BCUT2D eigenvalue weighted by molar-refractivity contribution is -0.143. The number of rotatable bonds is 9. The molecule has 1 unspecified atom stereocenters. The number of amides is 1. The van der Waals surface area contributed by atoms with Gasteiger partial charge in [0.15, 0.2) is 0 Å². The molecule has 0 heterocycles. The van der Waals surface area contributed by atoms with Crippen LogP contribution in [0.1, 0.15) is 47.0 Å². The number of nitrogens with one attached hydrogen (secondary N) is 1. The molecule has 0 saturated carbocycles. The lowest BCUT2D eigenvalue weighted by atomic mass is 9.88. The van der Waals surface area contributed by atoms with Crippen LogP contribution in [0, 0.1) is 17.8 Å². The molecule has 0 aromatic rings. The molecular formula is C14H28N2O3. The van der Waals surface area contributed by atoms with E-state index in [4.69, 9.17) is 10.8 Å². The second-order valence-electron chi connectivity index (χ2n) is 5.75. The largest absolute Gasteiger partial charge is 0.480 e. The summed E-state index contributed by atoms with van der Waals surface area (Å²) in [5.41, 5.74) is 5.56. The van der Waals surface area contributed by atoms with Gasteiger partial charge in [0.05, 0.1) is 0 Å². The van der Waals surface area contributed by atoms with Crippen molar-refractivity contribution in [1.29, 1.82) is 0 Å². The minimum Gasteiger partial charge on any atom is -0.480 e. The first-order valence-corrected chi connectivity index (χ1v) is 7.01. The molecule has 4 N–H and O–H groups in total. The fourth-order valence-corrected chi connectivity index (χ4v) is 2.10. The van der Waals surface area contributed by atoms with Crippen molar-refractivity contribution < 1.29 is 14.7 Å². The maximum absolute atomic E-state index is 11.8. The highest BCUT2D eigenvalue weighted by Crippen LogP contribution is 2.20. The van der Waals surface area contributed by atoms with Gasteiger partial charge in [0.25, 0.3) is 0 Å². The summed E-state index contributed by atoms with van der Waals surface area (Å²) >= 11 is 0. The number of nitrogens with two attached hydrogens (primary N) is 1. The van der Waals surface area contributed by atoms with Crippen LogP contribution in [0.2, 0.25) is 0 Å². The monoisotopic (exact) mass is 272 g/mol. The fraction of sp³-hybridized carbons (Fsp3) is 0.857. The molecular weight excluding hydrogens is 244 g/mol. The first-order valence-electron chi connectivity index (χ1n) is 7.01. The summed E-state index contributed by atoms with van der Waals surface area (Å²) in [6, 6.07) is -0.806. The van der Waals surface area contributed by atoms with Gasteiger partial charge < -0.3 is 16.2 Å². The van der Waals surface area contributed by atoms with Gasteiger partial charge in [-0.25, -0.2) is 4.79 Å². The summed E-state index contributed by atoms with van der Waals surface area (Å²) in [7, 11) is 0. The fourth-order valence-electron chi connectivity index (χ4n) is 2.10. The van der Waals surface area contributed by atoms with E-state index in [0.717, 1.165) is 12.8 Å². The summed E-state index contributed by atoms with van der Waals surface area (Å²) in [5.74, 6) is -0.393. The third-order valence-corrected chi connectivity index (χ3v) is 3.47. The van der Waals surface area contributed by atoms with Gasteiger partial charge in [-0.15, -0.1) is 0 Å². The molecule has 2 atom stereocenters. The predicted molar refractivity (Wildman–Crippen MR) is 75.6 cm³/mol. The highest BCUT2D eigenvalue weighted by molar-refractivity contribution is 5.83. The Morgan fingerprint density at radius 1 is 1.11 bits per heavy atom. The average molecular weight is 272 g/mol. The van der Waals surface area contributed by atoms with Gasteiger partial charge in [0.2, 0.25) is 5.91 Å². The first kappa shape index (κ1) is 17.9. The summed E-state index contributed by atoms with van der Waals surface area (Å²) in [6.45, 7) is 8.42. The lowest BCUT2D eigenvalue weighted by Gasteiger charge is -2.21. The van der Waals surface area contributed by atoms with Crippen LogP contribution >= 0.6 is 0 Å². The Kier molecular flexibility index (Phi) is 8.39. The van der Waals surface area contributed by atoms with Crippen molar-refractivity contribution in [2.45, 2.75) is 53.0 Å². The zero-order valence-corrected chi connectivity index (χ0v) is 12.5. The van der Waals surface area contributed by atoms with E-state index in [1.54, 1.807) is 13.8 Å². The van der Waals surface area contributed by atoms with Crippen molar-refractivity contribution in [3.8, 4) is 0 Å². The van der Waals surface area contributed by atoms with E-state index in [2.05, 4.69) is 19.2 Å². The maximum atomic E-state index is 11.8. The Morgan fingerprint density at radius 3 is 2.05 bits per heavy atom. The van der Waals surface area contributed by atoms with Crippen molar-refractivity contribution in [2.24, 2.45) is 23.5 Å². The molecule has 0 radical (unpaired) electrons. The third kappa shape index (κ3) is 7.15. The molecule has 19 heavy (non-hydrogen) atoms. The van der Waals surface area contributed by atoms with Crippen molar-refractivity contribution in [2.75, 3.05) is 6.54 Å². The molecule has 0 bridgehead atoms. The molecule has 5 heteroatoms. The van der Waals surface area contributed by atoms with Crippen molar-refractivity contribution in [3.63, 3.8) is 0 Å². The van der Waals surface area contributed by atoms with Crippen molar-refractivity contribution in [3.05, 3.63) is 0 Å². The van der Waals surface area contributed by atoms with Gasteiger partial charge in [-0.05, 0) is 37.1 Å². The van der Waals surface area contributed by atoms with Gasteiger partial charge in [-0.2, -0.15) is 0 Å². The predicted octanol–water partition coefficient (Wildman–Crippen LogP) is 1.61. The zero-order valence-electron chi connectivity index (χ0n) is 12.5. The highest BCUT2D eigenvalue weighted by Gasteiger charge is 2.23. The molecule has 0 aliphatic heterocycles. The normalized spacial score (nSPS) is 14.5. The Morgan fingerprint density at radius 2 is 1.68 bits per heavy atom. The van der Waals surface area contributed by atoms with Crippen LogP contribution in [-0.4, -0.2) is 29.6 Å². The van der Waals surface area contributed by atoms with Gasteiger partial charge in [-0.3, -0.25) is 4.79 Å². The standard InChI is InChI=1S/C14H28N2O3/c1-9(2)11(7-8-15)5-6-12(17)16-13(10(3)4)14(18)19/h9-11,13H,5-8,15H2,1-4H3,(H,16,17)(H,18,19)/t11?,13-/m1/s1. The molecule has 0 spiro atoms. The second kappa shape index (κ2) is 8.91. The van der Waals surface area contributed by atoms with Crippen LogP contribution in [0.15, 0.2) is 0 Å². The number of hydrogen-bond acceptors (Lipinski definition) is 3. The average Bonchev–Trinajstić information content (AvgIpc) is 2.30. The number of hydrogen-bond donors (Lipinski definition) is 3. The third-order valence-electron chi connectivity index (χ3n) is 3.47. The number of carboxylic acids is 1. The van der Waals surface area contributed by atoms with E-state index in [1.165, 1.54) is 0 Å². The van der Waals surface area contributed by atoms with E-state index in [0.29, 0.717) is 24.8 Å². The quantitative estimate of drug-likeness (QED) is 0.594. The van der Waals surface area contributed by atoms with Crippen LogP contribution in [0.3, 0.4) is 0 Å². The zero-order chi connectivity index (χ0) is 15.0. The smallest absolute Gasteiger partial charge is 0.326 e. The van der Waals surface area contributed by atoms with Gasteiger partial charge in [0, 0.05) is 6.42 Å². The Hall–Kier alpha value is -1.10. The molecule has 0 fully saturated rings. The van der Waals surface area contributed by atoms with E-state index >= 15 is 0 Å². The molecule has 0 aliphatic carbocycles. The van der Waals surface area contributed by atoms with Gasteiger partial charge >= 0.3 is 5.97 Å². The Bertz CT molecular complexity index is 290. The molecule has 0 saturated heterocycles. The van der Waals surface area contributed by atoms with Crippen molar-refractivity contribution >= 4 is 11.9 Å². The lowest BCUT2D eigenvalue weighted by Crippen LogP contribution is -2.44. The summed E-state index contributed by atoms with van der Waals surface area (Å²) in [6.07, 6.45) is 2.02. The Labute approximate surface area is 115 Å². The highest BCUT2D eigenvalue weighted by atomic mass is 16.4.